The van der Waals surface area contributed by atoms with Crippen molar-refractivity contribution >= 4 is 17.5 Å². The van der Waals surface area contributed by atoms with Crippen molar-refractivity contribution in [3.05, 3.63) is 29.6 Å². The lowest BCUT2D eigenvalue weighted by molar-refractivity contribution is -0.143. The zero-order valence-electron chi connectivity index (χ0n) is 11.4. The summed E-state index contributed by atoms with van der Waals surface area (Å²) in [4.78, 5) is 25.5. The average Bonchev–Trinajstić information content (AvgIpc) is 2.71. The monoisotopic (exact) mass is 279 g/mol. The SMILES string of the molecule is Cc1cccc(F)c1NC(=O)C(=O)N1CCCNCC1. The summed E-state index contributed by atoms with van der Waals surface area (Å²) in [6.45, 7) is 4.20. The first-order valence-corrected chi connectivity index (χ1v) is 6.65. The number of hydrogen-bond donors (Lipinski definition) is 2. The average molecular weight is 279 g/mol. The fourth-order valence-corrected chi connectivity index (χ4v) is 2.15. The zero-order chi connectivity index (χ0) is 14.5. The molecule has 0 aromatic heterocycles. The van der Waals surface area contributed by atoms with Gasteiger partial charge in [0, 0.05) is 19.6 Å². The molecule has 5 nitrogen and oxygen atoms in total. The largest absolute Gasteiger partial charge is 0.333 e. The quantitative estimate of drug-likeness (QED) is 0.751. The van der Waals surface area contributed by atoms with Gasteiger partial charge >= 0.3 is 11.8 Å². The molecule has 1 aliphatic heterocycles. The molecule has 1 fully saturated rings. The van der Waals surface area contributed by atoms with Gasteiger partial charge in [-0.3, -0.25) is 9.59 Å². The minimum atomic E-state index is -0.792. The second-order valence-corrected chi connectivity index (χ2v) is 4.78. The maximum atomic E-state index is 13.6. The maximum Gasteiger partial charge on any atom is 0.313 e. The standard InChI is InChI=1S/C14H18FN3O2/c1-10-4-2-5-11(15)12(10)17-13(19)14(20)18-8-3-6-16-7-9-18/h2,4-5,16H,3,6-9H2,1H3,(H,17,19). The van der Waals surface area contributed by atoms with Crippen LogP contribution >= 0.6 is 0 Å². The van der Waals surface area contributed by atoms with E-state index in [0.29, 0.717) is 25.2 Å². The molecule has 1 aliphatic rings. The predicted molar refractivity (Wildman–Crippen MR) is 73.8 cm³/mol. The molecule has 0 atom stereocenters. The van der Waals surface area contributed by atoms with Crippen LogP contribution < -0.4 is 10.6 Å². The summed E-state index contributed by atoms with van der Waals surface area (Å²) in [5.41, 5.74) is 0.655. The van der Waals surface area contributed by atoms with E-state index in [1.54, 1.807) is 19.1 Å². The maximum absolute atomic E-state index is 13.6. The van der Waals surface area contributed by atoms with Gasteiger partial charge in [0.25, 0.3) is 0 Å². The van der Waals surface area contributed by atoms with Gasteiger partial charge in [0.15, 0.2) is 0 Å². The molecule has 2 rings (SSSR count). The van der Waals surface area contributed by atoms with Gasteiger partial charge in [-0.2, -0.15) is 0 Å². The van der Waals surface area contributed by atoms with Gasteiger partial charge in [-0.25, -0.2) is 4.39 Å². The van der Waals surface area contributed by atoms with E-state index in [2.05, 4.69) is 10.6 Å². The van der Waals surface area contributed by atoms with E-state index < -0.39 is 17.6 Å². The van der Waals surface area contributed by atoms with Crippen LogP contribution in [-0.2, 0) is 9.59 Å². The lowest BCUT2D eigenvalue weighted by Gasteiger charge is -2.19. The Kier molecular flexibility index (Phi) is 4.68. The Morgan fingerprint density at radius 1 is 1.30 bits per heavy atom. The second-order valence-electron chi connectivity index (χ2n) is 4.78. The number of amides is 2. The summed E-state index contributed by atoms with van der Waals surface area (Å²) in [5.74, 6) is -1.94. The van der Waals surface area contributed by atoms with Crippen LogP contribution in [0.25, 0.3) is 0 Å². The van der Waals surface area contributed by atoms with E-state index in [4.69, 9.17) is 0 Å². The molecule has 0 bridgehead atoms. The van der Waals surface area contributed by atoms with Gasteiger partial charge in [-0.1, -0.05) is 12.1 Å². The van der Waals surface area contributed by atoms with Crippen molar-refractivity contribution in [2.75, 3.05) is 31.5 Å². The van der Waals surface area contributed by atoms with Gasteiger partial charge in [0.2, 0.25) is 0 Å². The minimum Gasteiger partial charge on any atom is -0.333 e. The highest BCUT2D eigenvalue weighted by molar-refractivity contribution is 6.39. The molecule has 0 unspecified atom stereocenters. The zero-order valence-corrected chi connectivity index (χ0v) is 11.4. The number of carbonyl (C=O) groups is 2. The van der Waals surface area contributed by atoms with Gasteiger partial charge in [0.05, 0.1) is 5.69 Å². The van der Waals surface area contributed by atoms with Crippen LogP contribution in [0, 0.1) is 12.7 Å². The first kappa shape index (κ1) is 14.5. The summed E-state index contributed by atoms with van der Waals surface area (Å²) in [6, 6.07) is 4.49. The van der Waals surface area contributed by atoms with Crippen LogP contribution in [0.3, 0.4) is 0 Å². The molecule has 0 saturated carbocycles. The molecule has 1 saturated heterocycles. The van der Waals surface area contributed by atoms with Gasteiger partial charge in [-0.15, -0.1) is 0 Å². The lowest BCUT2D eigenvalue weighted by Crippen LogP contribution is -2.41. The number of anilines is 1. The number of carbonyl (C=O) groups excluding carboxylic acids is 2. The van der Waals surface area contributed by atoms with Crippen molar-refractivity contribution in [3.8, 4) is 0 Å². The number of nitrogens with zero attached hydrogens (tertiary/aromatic N) is 1. The molecule has 1 heterocycles. The molecule has 20 heavy (non-hydrogen) atoms. The van der Waals surface area contributed by atoms with Crippen molar-refractivity contribution in [2.45, 2.75) is 13.3 Å². The molecule has 108 valence electrons. The number of aryl methyl sites for hydroxylation is 1. The smallest absolute Gasteiger partial charge is 0.313 e. The van der Waals surface area contributed by atoms with Crippen molar-refractivity contribution in [2.24, 2.45) is 0 Å². The third kappa shape index (κ3) is 3.33. The topological polar surface area (TPSA) is 61.4 Å². The Balaban J connectivity index is 2.05. The van der Waals surface area contributed by atoms with Gasteiger partial charge in [0.1, 0.15) is 5.82 Å². The first-order valence-electron chi connectivity index (χ1n) is 6.65. The second kappa shape index (κ2) is 6.47. The van der Waals surface area contributed by atoms with Crippen LogP contribution in [0.1, 0.15) is 12.0 Å². The molecule has 2 amide bonds. The van der Waals surface area contributed by atoms with Crippen LogP contribution in [0.15, 0.2) is 18.2 Å². The van der Waals surface area contributed by atoms with E-state index in [9.17, 15) is 14.0 Å². The molecule has 6 heteroatoms. The minimum absolute atomic E-state index is 0.0683. The summed E-state index contributed by atoms with van der Waals surface area (Å²) in [7, 11) is 0. The van der Waals surface area contributed by atoms with Crippen LogP contribution in [0.5, 0.6) is 0 Å². The molecular formula is C14H18FN3O2. The van der Waals surface area contributed by atoms with Crippen molar-refractivity contribution in [1.29, 1.82) is 0 Å². The van der Waals surface area contributed by atoms with Crippen LogP contribution in [0.4, 0.5) is 10.1 Å². The van der Waals surface area contributed by atoms with E-state index >= 15 is 0 Å². The highest BCUT2D eigenvalue weighted by atomic mass is 19.1. The summed E-state index contributed by atoms with van der Waals surface area (Å²) in [5, 5.41) is 5.52. The fraction of sp³-hybridized carbons (Fsp3) is 0.429. The Morgan fingerprint density at radius 3 is 2.85 bits per heavy atom. The third-order valence-electron chi connectivity index (χ3n) is 3.28. The number of halogens is 1. The van der Waals surface area contributed by atoms with Gasteiger partial charge in [-0.05, 0) is 31.5 Å². The number of rotatable bonds is 1. The summed E-state index contributed by atoms with van der Waals surface area (Å²) >= 11 is 0. The van der Waals surface area contributed by atoms with Crippen LogP contribution in [-0.4, -0.2) is 42.9 Å². The molecule has 0 aliphatic carbocycles. The molecule has 2 N–H and O–H groups in total. The molecule has 0 spiro atoms. The number of para-hydroxylation sites is 1. The first-order chi connectivity index (χ1) is 9.59. The Hall–Kier alpha value is -1.95. The lowest BCUT2D eigenvalue weighted by atomic mass is 10.2. The van der Waals surface area contributed by atoms with E-state index in [1.807, 2.05) is 0 Å². The van der Waals surface area contributed by atoms with Crippen molar-refractivity contribution in [1.82, 2.24) is 10.2 Å². The molecule has 1 aromatic rings. The van der Waals surface area contributed by atoms with Crippen LogP contribution in [0.2, 0.25) is 0 Å². The highest BCUT2D eigenvalue weighted by Crippen LogP contribution is 2.18. The molecule has 1 aromatic carbocycles. The predicted octanol–water partition coefficient (Wildman–Crippen LogP) is 0.895. The Morgan fingerprint density at radius 2 is 2.10 bits per heavy atom. The summed E-state index contributed by atoms with van der Waals surface area (Å²) in [6.07, 6.45) is 0.803. The van der Waals surface area contributed by atoms with Gasteiger partial charge < -0.3 is 15.5 Å². The molecule has 0 radical (unpaired) electrons. The molecular weight excluding hydrogens is 261 g/mol. The summed E-state index contributed by atoms with van der Waals surface area (Å²) < 4.78 is 13.6. The third-order valence-corrected chi connectivity index (χ3v) is 3.28. The van der Waals surface area contributed by atoms with Crippen molar-refractivity contribution < 1.29 is 14.0 Å². The Labute approximate surface area is 117 Å². The fourth-order valence-electron chi connectivity index (χ4n) is 2.15. The number of hydrogen-bond acceptors (Lipinski definition) is 3. The highest BCUT2D eigenvalue weighted by Gasteiger charge is 2.23. The van der Waals surface area contributed by atoms with Crippen molar-refractivity contribution in [3.63, 3.8) is 0 Å². The Bertz CT molecular complexity index is 491. The normalized spacial score (nSPS) is 15.6. The van der Waals surface area contributed by atoms with E-state index in [0.717, 1.165) is 13.0 Å². The number of benzene rings is 1. The van der Waals surface area contributed by atoms with E-state index in [1.165, 1.54) is 11.0 Å². The van der Waals surface area contributed by atoms with E-state index in [-0.39, 0.29) is 5.69 Å². The number of nitrogens with one attached hydrogen (secondary N) is 2.